The lowest BCUT2D eigenvalue weighted by atomic mass is 10.2. The average Bonchev–Trinajstić information content (AvgIpc) is 2.15. The van der Waals surface area contributed by atoms with Gasteiger partial charge in [-0.3, -0.25) is 0 Å². The average molecular weight is 198 g/mol. The lowest BCUT2D eigenvalue weighted by Gasteiger charge is -2.02. The van der Waals surface area contributed by atoms with Gasteiger partial charge in [0, 0.05) is 5.02 Å². The van der Waals surface area contributed by atoms with Crippen LogP contribution in [-0.4, -0.2) is 0 Å². The van der Waals surface area contributed by atoms with Gasteiger partial charge in [0.15, 0.2) is 0 Å². The van der Waals surface area contributed by atoms with E-state index in [0.29, 0.717) is 6.61 Å². The summed E-state index contributed by atoms with van der Waals surface area (Å²) in [6.45, 7) is 4.62. The molecule has 0 aromatic heterocycles. The molecule has 0 aliphatic carbocycles. The number of hydrogen-bond donors (Lipinski definition) is 0. The van der Waals surface area contributed by atoms with Gasteiger partial charge in [-0.1, -0.05) is 37.1 Å². The maximum Gasteiger partial charge on any atom is 0.0841 e. The lowest BCUT2D eigenvalue weighted by molar-refractivity contribution is 0.178. The van der Waals surface area contributed by atoms with Crippen molar-refractivity contribution in [3.05, 3.63) is 41.5 Å². The largest absolute Gasteiger partial charge is 0.371 e. The minimum absolute atomic E-state index is 0.636. The minimum atomic E-state index is 0.636. The number of halogens is 1. The molecule has 71 valence electrons. The van der Waals surface area contributed by atoms with E-state index in [1.165, 1.54) is 0 Å². The van der Waals surface area contributed by atoms with Crippen LogP contribution in [0.1, 0.15) is 25.3 Å². The molecule has 0 aliphatic heterocycles. The van der Waals surface area contributed by atoms with E-state index in [-0.39, 0.29) is 0 Å². The maximum absolute atomic E-state index is 5.75. The van der Waals surface area contributed by atoms with E-state index in [2.05, 4.69) is 6.92 Å². The molecule has 1 rings (SSSR count). The van der Waals surface area contributed by atoms with Crippen molar-refractivity contribution in [3.8, 4) is 0 Å². The van der Waals surface area contributed by atoms with Crippen molar-refractivity contribution in [1.82, 2.24) is 0 Å². The monoisotopic (exact) mass is 197 g/mol. The fourth-order valence-corrected chi connectivity index (χ4v) is 1.06. The number of hydrogen-bond acceptors (Lipinski definition) is 1. The summed E-state index contributed by atoms with van der Waals surface area (Å²) in [5, 5.41) is 0.765. The highest BCUT2D eigenvalue weighted by Gasteiger charge is 1.93. The highest BCUT2D eigenvalue weighted by Crippen LogP contribution is 2.10. The summed E-state index contributed by atoms with van der Waals surface area (Å²) in [6, 6.07) is 7.70. The summed E-state index contributed by atoms with van der Waals surface area (Å²) in [5.41, 5.74) is 1.15. The molecule has 0 bridgehead atoms. The van der Waals surface area contributed by atoms with Gasteiger partial charge in [-0.2, -0.15) is 0 Å². The number of rotatable bonds is 5. The number of unbranched alkanes of at least 4 members (excludes halogenated alkanes) is 1. The van der Waals surface area contributed by atoms with E-state index in [1.807, 2.05) is 30.9 Å². The van der Waals surface area contributed by atoms with Crippen LogP contribution in [0.25, 0.3) is 0 Å². The molecule has 1 radical (unpaired) electrons. The van der Waals surface area contributed by atoms with Crippen LogP contribution in [0.4, 0.5) is 0 Å². The van der Waals surface area contributed by atoms with Crippen molar-refractivity contribution < 1.29 is 4.74 Å². The summed E-state index contributed by atoms with van der Waals surface area (Å²) in [4.78, 5) is 0. The Labute approximate surface area is 84.7 Å². The molecule has 0 atom stereocenters. The standard InChI is InChI=1S/C11H14ClO/c1-2-3-8-13-9-10-4-6-11(12)7-5-10/h4-8H,2-3,9H2,1H3. The third kappa shape index (κ3) is 4.30. The van der Waals surface area contributed by atoms with Gasteiger partial charge < -0.3 is 4.74 Å². The zero-order valence-electron chi connectivity index (χ0n) is 7.79. The fourth-order valence-electron chi connectivity index (χ4n) is 0.937. The molecule has 0 aliphatic rings. The topological polar surface area (TPSA) is 9.23 Å². The third-order valence-electron chi connectivity index (χ3n) is 1.69. The SMILES string of the molecule is CCC[CH]OCc1ccc(Cl)cc1. The summed E-state index contributed by atoms with van der Waals surface area (Å²) in [5.74, 6) is 0. The first-order valence-corrected chi connectivity index (χ1v) is 4.88. The lowest BCUT2D eigenvalue weighted by Crippen LogP contribution is -1.89. The van der Waals surface area contributed by atoms with Gasteiger partial charge >= 0.3 is 0 Å². The van der Waals surface area contributed by atoms with Crippen LogP contribution in [0.5, 0.6) is 0 Å². The highest BCUT2D eigenvalue weighted by atomic mass is 35.5. The molecular formula is C11H14ClO. The van der Waals surface area contributed by atoms with Crippen LogP contribution in [-0.2, 0) is 11.3 Å². The van der Waals surface area contributed by atoms with Gasteiger partial charge in [-0.25, -0.2) is 0 Å². The molecule has 2 heteroatoms. The molecule has 1 aromatic carbocycles. The molecule has 0 N–H and O–H groups in total. The minimum Gasteiger partial charge on any atom is -0.371 e. The van der Waals surface area contributed by atoms with Crippen molar-refractivity contribution >= 4 is 11.6 Å². The van der Waals surface area contributed by atoms with E-state index in [9.17, 15) is 0 Å². The van der Waals surface area contributed by atoms with Gasteiger partial charge in [0.2, 0.25) is 0 Å². The molecule has 1 nitrogen and oxygen atoms in total. The molecule has 0 fully saturated rings. The second-order valence-electron chi connectivity index (χ2n) is 2.89. The smallest absolute Gasteiger partial charge is 0.0841 e. The van der Waals surface area contributed by atoms with E-state index in [4.69, 9.17) is 16.3 Å². The van der Waals surface area contributed by atoms with E-state index >= 15 is 0 Å². The third-order valence-corrected chi connectivity index (χ3v) is 1.94. The summed E-state index contributed by atoms with van der Waals surface area (Å²) >= 11 is 5.75. The number of benzene rings is 1. The Bertz CT molecular complexity index is 230. The van der Waals surface area contributed by atoms with E-state index in [1.54, 1.807) is 0 Å². The van der Waals surface area contributed by atoms with Crippen LogP contribution in [0.3, 0.4) is 0 Å². The molecular weight excluding hydrogens is 184 g/mol. The van der Waals surface area contributed by atoms with Crippen molar-refractivity contribution in [2.75, 3.05) is 0 Å². The Balaban J connectivity index is 2.25. The molecule has 1 aromatic rings. The van der Waals surface area contributed by atoms with Crippen LogP contribution < -0.4 is 0 Å². The zero-order valence-corrected chi connectivity index (χ0v) is 8.55. The second-order valence-corrected chi connectivity index (χ2v) is 3.33. The van der Waals surface area contributed by atoms with Crippen molar-refractivity contribution in [1.29, 1.82) is 0 Å². The van der Waals surface area contributed by atoms with Crippen molar-refractivity contribution in [3.63, 3.8) is 0 Å². The van der Waals surface area contributed by atoms with Gasteiger partial charge in [-0.15, -0.1) is 0 Å². The van der Waals surface area contributed by atoms with Gasteiger partial charge in [0.25, 0.3) is 0 Å². The highest BCUT2D eigenvalue weighted by molar-refractivity contribution is 6.30. The number of ether oxygens (including phenoxy) is 1. The fraction of sp³-hybridized carbons (Fsp3) is 0.364. The van der Waals surface area contributed by atoms with Crippen LogP contribution in [0.15, 0.2) is 24.3 Å². The van der Waals surface area contributed by atoms with Crippen molar-refractivity contribution in [2.45, 2.75) is 26.4 Å². The molecule has 13 heavy (non-hydrogen) atoms. The molecule has 0 saturated heterocycles. The van der Waals surface area contributed by atoms with Gasteiger partial charge in [0.1, 0.15) is 0 Å². The normalized spacial score (nSPS) is 10.3. The second kappa shape index (κ2) is 6.01. The van der Waals surface area contributed by atoms with Crippen LogP contribution >= 0.6 is 11.6 Å². The van der Waals surface area contributed by atoms with Crippen LogP contribution in [0, 0.1) is 6.61 Å². The van der Waals surface area contributed by atoms with Crippen LogP contribution in [0.2, 0.25) is 5.02 Å². The molecule has 0 saturated carbocycles. The quantitative estimate of drug-likeness (QED) is 0.653. The molecule has 0 spiro atoms. The Morgan fingerprint density at radius 2 is 2.00 bits per heavy atom. The molecule has 0 unspecified atom stereocenters. The Hall–Kier alpha value is -0.530. The Kier molecular flexibility index (Phi) is 4.87. The first kappa shape index (κ1) is 10.6. The van der Waals surface area contributed by atoms with E-state index < -0.39 is 0 Å². The predicted molar refractivity (Wildman–Crippen MR) is 55.4 cm³/mol. The summed E-state index contributed by atoms with van der Waals surface area (Å²) in [7, 11) is 0. The predicted octanol–water partition coefficient (Wildman–Crippen LogP) is 3.82. The van der Waals surface area contributed by atoms with Gasteiger partial charge in [-0.05, 0) is 24.1 Å². The summed E-state index contributed by atoms with van der Waals surface area (Å²) in [6.07, 6.45) is 2.13. The Morgan fingerprint density at radius 1 is 1.31 bits per heavy atom. The maximum atomic E-state index is 5.75. The first-order valence-electron chi connectivity index (χ1n) is 4.50. The van der Waals surface area contributed by atoms with Gasteiger partial charge in [0.05, 0.1) is 13.2 Å². The summed E-state index contributed by atoms with van der Waals surface area (Å²) < 4.78 is 5.33. The Morgan fingerprint density at radius 3 is 2.62 bits per heavy atom. The first-order chi connectivity index (χ1) is 6.33. The van der Waals surface area contributed by atoms with Crippen molar-refractivity contribution in [2.24, 2.45) is 0 Å². The van der Waals surface area contributed by atoms with E-state index in [0.717, 1.165) is 23.4 Å². The zero-order chi connectivity index (χ0) is 9.52. The molecule has 0 heterocycles. The molecule has 0 amide bonds.